The first-order valence-electron chi connectivity index (χ1n) is 7.92. The average Bonchev–Trinajstić information content (AvgIpc) is 2.47. The fraction of sp³-hybridized carbons (Fsp3) is 1.00. The summed E-state index contributed by atoms with van der Waals surface area (Å²) in [4.78, 5) is 2.23. The Hall–Kier alpha value is -0.330. The number of halogens is 3. The molecule has 2 rings (SSSR count). The molecule has 1 saturated carbocycles. The van der Waals surface area contributed by atoms with Crippen LogP contribution < -0.4 is 5.73 Å². The lowest BCUT2D eigenvalue weighted by molar-refractivity contribution is -0.195. The van der Waals surface area contributed by atoms with Gasteiger partial charge in [0.25, 0.3) is 0 Å². The molecular weight excluding hydrogens is 281 g/mol. The largest absolute Gasteiger partial charge is 0.391 e. The van der Waals surface area contributed by atoms with Crippen LogP contribution in [0, 0.1) is 11.8 Å². The molecule has 3 unspecified atom stereocenters. The molecule has 0 aromatic carbocycles. The predicted molar refractivity (Wildman–Crippen MR) is 76.0 cm³/mol. The number of nitrogens with two attached hydrogens (primary N) is 1. The summed E-state index contributed by atoms with van der Waals surface area (Å²) >= 11 is 0. The molecule has 21 heavy (non-hydrogen) atoms. The number of nitrogens with zero attached hydrogens (tertiary/aromatic N) is 1. The van der Waals surface area contributed by atoms with Crippen molar-refractivity contribution in [3.05, 3.63) is 0 Å². The second kappa shape index (κ2) is 6.84. The molecule has 1 saturated heterocycles. The minimum absolute atomic E-state index is 0.159. The van der Waals surface area contributed by atoms with Crippen LogP contribution in [-0.2, 0) is 4.74 Å². The van der Waals surface area contributed by atoms with Crippen LogP contribution in [0.25, 0.3) is 0 Å². The third kappa shape index (κ3) is 3.90. The molecular formula is C15H27F3N2O. The summed E-state index contributed by atoms with van der Waals surface area (Å²) in [5.41, 5.74) is 5.49. The van der Waals surface area contributed by atoms with E-state index in [0.29, 0.717) is 25.5 Å². The number of hydrogen-bond donors (Lipinski definition) is 1. The van der Waals surface area contributed by atoms with Crippen molar-refractivity contribution in [3.8, 4) is 0 Å². The Morgan fingerprint density at radius 1 is 1.29 bits per heavy atom. The molecule has 1 heterocycles. The summed E-state index contributed by atoms with van der Waals surface area (Å²) in [7, 11) is 1.68. The summed E-state index contributed by atoms with van der Waals surface area (Å²) in [6.07, 6.45) is -0.168. The zero-order chi connectivity index (χ0) is 15.5. The van der Waals surface area contributed by atoms with Crippen LogP contribution in [-0.4, -0.2) is 50.0 Å². The first-order chi connectivity index (χ1) is 9.91. The van der Waals surface area contributed by atoms with E-state index in [1.54, 1.807) is 7.11 Å². The highest BCUT2D eigenvalue weighted by molar-refractivity contribution is 4.99. The van der Waals surface area contributed by atoms with Crippen LogP contribution in [0.2, 0.25) is 0 Å². The van der Waals surface area contributed by atoms with Crippen LogP contribution >= 0.6 is 0 Å². The van der Waals surface area contributed by atoms with Gasteiger partial charge >= 0.3 is 6.18 Å². The average molecular weight is 308 g/mol. The van der Waals surface area contributed by atoms with E-state index >= 15 is 0 Å². The van der Waals surface area contributed by atoms with Gasteiger partial charge in [0.15, 0.2) is 0 Å². The topological polar surface area (TPSA) is 38.5 Å². The van der Waals surface area contributed by atoms with Gasteiger partial charge in [-0.25, -0.2) is 0 Å². The molecule has 0 bridgehead atoms. The Labute approximate surface area is 125 Å². The summed E-state index contributed by atoms with van der Waals surface area (Å²) in [6.45, 7) is 2.68. The maximum absolute atomic E-state index is 13.1. The van der Waals surface area contributed by atoms with Crippen LogP contribution in [0.3, 0.4) is 0 Å². The van der Waals surface area contributed by atoms with E-state index in [4.69, 9.17) is 10.5 Å². The van der Waals surface area contributed by atoms with Gasteiger partial charge in [-0.15, -0.1) is 0 Å². The van der Waals surface area contributed by atoms with Gasteiger partial charge in [-0.05, 0) is 44.6 Å². The molecule has 124 valence electrons. The number of rotatable bonds is 4. The lowest BCUT2D eigenvalue weighted by Gasteiger charge is -2.51. The van der Waals surface area contributed by atoms with Crippen molar-refractivity contribution in [2.45, 2.75) is 50.2 Å². The minimum atomic E-state index is -4.09. The fourth-order valence-corrected chi connectivity index (χ4v) is 4.09. The summed E-state index contributed by atoms with van der Waals surface area (Å²) in [6, 6.07) is 0. The Morgan fingerprint density at radius 3 is 2.67 bits per heavy atom. The molecule has 1 aliphatic heterocycles. The first kappa shape index (κ1) is 17.0. The number of likely N-dealkylation sites (tertiary alicyclic amines) is 1. The van der Waals surface area contributed by atoms with E-state index in [0.717, 1.165) is 32.4 Å². The Morgan fingerprint density at radius 2 is 2.05 bits per heavy atom. The molecule has 1 aliphatic carbocycles. The lowest BCUT2D eigenvalue weighted by Crippen LogP contribution is -2.60. The van der Waals surface area contributed by atoms with Crippen molar-refractivity contribution >= 4 is 0 Å². The Bertz CT molecular complexity index is 335. The third-order valence-electron chi connectivity index (χ3n) is 5.26. The predicted octanol–water partition coefficient (Wildman–Crippen LogP) is 2.79. The first-order valence-corrected chi connectivity index (χ1v) is 7.92. The monoisotopic (exact) mass is 308 g/mol. The third-order valence-corrected chi connectivity index (χ3v) is 5.26. The van der Waals surface area contributed by atoms with Gasteiger partial charge in [-0.1, -0.05) is 6.42 Å². The SMILES string of the molecule is COCC1CCCN(C2(CN)CCCC(C(F)(F)F)C2)C1. The molecule has 3 atom stereocenters. The quantitative estimate of drug-likeness (QED) is 0.868. The molecule has 0 spiro atoms. The molecule has 2 N–H and O–H groups in total. The smallest absolute Gasteiger partial charge is 0.384 e. The van der Waals surface area contributed by atoms with Gasteiger partial charge < -0.3 is 10.5 Å². The standard InChI is InChI=1S/C15H27F3N2O/c1-21-10-12-4-3-7-20(9-12)14(11-19)6-2-5-13(8-14)15(16,17)18/h12-13H,2-11,19H2,1H3. The molecule has 0 aromatic rings. The highest BCUT2D eigenvalue weighted by Gasteiger charge is 2.49. The van der Waals surface area contributed by atoms with Crippen molar-refractivity contribution in [2.24, 2.45) is 17.6 Å². The van der Waals surface area contributed by atoms with Gasteiger partial charge in [0.1, 0.15) is 0 Å². The van der Waals surface area contributed by atoms with Crippen molar-refractivity contribution in [1.82, 2.24) is 4.90 Å². The maximum atomic E-state index is 13.1. The van der Waals surface area contributed by atoms with Crippen molar-refractivity contribution < 1.29 is 17.9 Å². The molecule has 0 aromatic heterocycles. The van der Waals surface area contributed by atoms with E-state index in [1.807, 2.05) is 0 Å². The molecule has 2 fully saturated rings. The van der Waals surface area contributed by atoms with E-state index < -0.39 is 17.6 Å². The van der Waals surface area contributed by atoms with E-state index in [-0.39, 0.29) is 12.8 Å². The van der Waals surface area contributed by atoms with Crippen molar-refractivity contribution in [1.29, 1.82) is 0 Å². The normalized spacial score (nSPS) is 35.9. The highest BCUT2D eigenvalue weighted by atomic mass is 19.4. The fourth-order valence-electron chi connectivity index (χ4n) is 4.09. The number of ether oxygens (including phenoxy) is 1. The van der Waals surface area contributed by atoms with Gasteiger partial charge in [-0.3, -0.25) is 4.90 Å². The highest BCUT2D eigenvalue weighted by Crippen LogP contribution is 2.44. The second-order valence-electron chi connectivity index (χ2n) is 6.67. The van der Waals surface area contributed by atoms with Gasteiger partial charge in [0.2, 0.25) is 0 Å². The summed E-state index contributed by atoms with van der Waals surface area (Å²) in [5, 5.41) is 0. The van der Waals surface area contributed by atoms with Crippen LogP contribution in [0.15, 0.2) is 0 Å². The summed E-state index contributed by atoms with van der Waals surface area (Å²) in [5.74, 6) is -0.781. The van der Waals surface area contributed by atoms with E-state index in [9.17, 15) is 13.2 Å². The lowest BCUT2D eigenvalue weighted by atomic mass is 9.73. The van der Waals surface area contributed by atoms with Gasteiger partial charge in [0, 0.05) is 25.7 Å². The number of alkyl halides is 3. The number of methoxy groups -OCH3 is 1. The minimum Gasteiger partial charge on any atom is -0.384 e. The van der Waals surface area contributed by atoms with Crippen molar-refractivity contribution in [2.75, 3.05) is 33.4 Å². The zero-order valence-electron chi connectivity index (χ0n) is 12.8. The van der Waals surface area contributed by atoms with Gasteiger partial charge in [-0.2, -0.15) is 13.2 Å². The Balaban J connectivity index is 2.09. The number of piperidine rings is 1. The summed E-state index contributed by atoms with van der Waals surface area (Å²) < 4.78 is 44.5. The molecule has 3 nitrogen and oxygen atoms in total. The second-order valence-corrected chi connectivity index (χ2v) is 6.67. The van der Waals surface area contributed by atoms with E-state index in [1.165, 1.54) is 0 Å². The zero-order valence-corrected chi connectivity index (χ0v) is 12.8. The molecule has 0 radical (unpaired) electrons. The maximum Gasteiger partial charge on any atom is 0.391 e. The molecule has 2 aliphatic rings. The number of hydrogen-bond acceptors (Lipinski definition) is 3. The molecule has 6 heteroatoms. The van der Waals surface area contributed by atoms with Gasteiger partial charge in [0.05, 0.1) is 12.5 Å². The van der Waals surface area contributed by atoms with Crippen LogP contribution in [0.4, 0.5) is 13.2 Å². The van der Waals surface area contributed by atoms with Crippen LogP contribution in [0.5, 0.6) is 0 Å². The van der Waals surface area contributed by atoms with Crippen LogP contribution in [0.1, 0.15) is 38.5 Å². The molecule has 0 amide bonds. The van der Waals surface area contributed by atoms with Crippen molar-refractivity contribution in [3.63, 3.8) is 0 Å². The Kier molecular flexibility index (Phi) is 5.54. The van der Waals surface area contributed by atoms with E-state index in [2.05, 4.69) is 4.90 Å².